The van der Waals surface area contributed by atoms with E-state index < -0.39 is 11.9 Å². The highest BCUT2D eigenvalue weighted by molar-refractivity contribution is 6.10. The lowest BCUT2D eigenvalue weighted by Gasteiger charge is -2.11. The van der Waals surface area contributed by atoms with Gasteiger partial charge in [0.2, 0.25) is 0 Å². The van der Waals surface area contributed by atoms with Crippen LogP contribution in [-0.2, 0) is 16.0 Å². The fourth-order valence-electron chi connectivity index (χ4n) is 3.25. The van der Waals surface area contributed by atoms with E-state index in [4.69, 9.17) is 14.2 Å². The summed E-state index contributed by atoms with van der Waals surface area (Å²) >= 11 is 0. The van der Waals surface area contributed by atoms with E-state index in [2.05, 4.69) is 5.32 Å². The molecule has 31 heavy (non-hydrogen) atoms. The highest BCUT2D eigenvalue weighted by Crippen LogP contribution is 2.36. The molecular weight excluding hydrogens is 396 g/mol. The van der Waals surface area contributed by atoms with Crippen LogP contribution in [0.5, 0.6) is 11.5 Å². The van der Waals surface area contributed by atoms with Gasteiger partial charge in [0.25, 0.3) is 5.91 Å². The Balaban J connectivity index is 1.82. The highest BCUT2D eigenvalue weighted by Gasteiger charge is 2.22. The molecule has 1 amide bonds. The maximum atomic E-state index is 12.7. The zero-order chi connectivity index (χ0) is 22.4. The summed E-state index contributed by atoms with van der Waals surface area (Å²) in [6.07, 6.45) is 2.34. The molecule has 0 radical (unpaired) electrons. The number of nitrogens with zero attached hydrogens (tertiary/aromatic N) is 1. The Hall–Kier alpha value is -3.79. The number of esters is 1. The van der Waals surface area contributed by atoms with Crippen LogP contribution in [0.1, 0.15) is 42.3 Å². The molecular formula is C24H24N2O5. The third-order valence-corrected chi connectivity index (χ3v) is 4.65. The van der Waals surface area contributed by atoms with Gasteiger partial charge >= 0.3 is 5.97 Å². The lowest BCUT2D eigenvalue weighted by molar-refractivity contribution is -0.112. The van der Waals surface area contributed by atoms with Gasteiger partial charge < -0.3 is 19.5 Å². The second-order valence-corrected chi connectivity index (χ2v) is 6.99. The molecule has 1 N–H and O–H groups in total. The van der Waals surface area contributed by atoms with Crippen LogP contribution in [0.3, 0.4) is 0 Å². The van der Waals surface area contributed by atoms with Crippen LogP contribution in [0.25, 0.3) is 6.08 Å². The number of hydrogen-bond donors (Lipinski definition) is 1. The summed E-state index contributed by atoms with van der Waals surface area (Å²) in [6.45, 7) is 6.32. The Kier molecular flexibility index (Phi) is 6.93. The molecule has 1 unspecified atom stereocenters. The Bertz CT molecular complexity index is 1050. The molecule has 160 valence electrons. The summed E-state index contributed by atoms with van der Waals surface area (Å²) in [6, 6.07) is 11.9. The number of nitriles is 1. The second kappa shape index (κ2) is 9.81. The minimum absolute atomic E-state index is 0.0695. The van der Waals surface area contributed by atoms with Crippen LogP contribution >= 0.6 is 0 Å². The Morgan fingerprint density at radius 2 is 1.97 bits per heavy atom. The Morgan fingerprint density at radius 3 is 2.61 bits per heavy atom. The zero-order valence-corrected chi connectivity index (χ0v) is 17.7. The van der Waals surface area contributed by atoms with Gasteiger partial charge in [-0.15, -0.1) is 0 Å². The molecule has 1 aliphatic heterocycles. The Labute approximate surface area is 181 Å². The standard InChI is InChI=1S/C24H24N2O5/c1-4-29-21-12-17-10-15(3)31-22(17)13-18(21)11-19(14-25)23(27)26-20-8-6-16(7-9-20)24(28)30-5-2/h6-9,11-13,15H,4-5,10H2,1-3H3,(H,26,27)/b19-11+. The summed E-state index contributed by atoms with van der Waals surface area (Å²) < 4.78 is 16.4. The van der Waals surface area contributed by atoms with Crippen molar-refractivity contribution in [1.82, 2.24) is 0 Å². The molecule has 1 aliphatic rings. The van der Waals surface area contributed by atoms with Crippen molar-refractivity contribution in [3.8, 4) is 17.6 Å². The van der Waals surface area contributed by atoms with Crippen molar-refractivity contribution in [3.63, 3.8) is 0 Å². The molecule has 0 fully saturated rings. The predicted octanol–water partition coefficient (Wildman–Crippen LogP) is 4.13. The summed E-state index contributed by atoms with van der Waals surface area (Å²) in [5.41, 5.74) is 2.39. The first-order chi connectivity index (χ1) is 14.9. The SMILES string of the molecule is CCOC(=O)c1ccc(NC(=O)/C(C#N)=C/c2cc3c(cc2OCC)CC(C)O3)cc1. The topological polar surface area (TPSA) is 97.7 Å². The fourth-order valence-corrected chi connectivity index (χ4v) is 3.25. The molecule has 0 saturated carbocycles. The quantitative estimate of drug-likeness (QED) is 0.411. The van der Waals surface area contributed by atoms with Gasteiger partial charge in [-0.05, 0) is 63.2 Å². The smallest absolute Gasteiger partial charge is 0.338 e. The van der Waals surface area contributed by atoms with Crippen LogP contribution < -0.4 is 14.8 Å². The predicted molar refractivity (Wildman–Crippen MR) is 116 cm³/mol. The minimum atomic E-state index is -0.566. The third-order valence-electron chi connectivity index (χ3n) is 4.65. The van der Waals surface area contributed by atoms with Crippen molar-refractivity contribution in [1.29, 1.82) is 5.26 Å². The molecule has 0 aromatic heterocycles. The van der Waals surface area contributed by atoms with Crippen molar-refractivity contribution < 1.29 is 23.8 Å². The number of fused-ring (bicyclic) bond motifs is 1. The monoisotopic (exact) mass is 420 g/mol. The number of carbonyl (C=O) groups excluding carboxylic acids is 2. The number of anilines is 1. The molecule has 7 nitrogen and oxygen atoms in total. The largest absolute Gasteiger partial charge is 0.493 e. The molecule has 1 heterocycles. The van der Waals surface area contributed by atoms with E-state index in [0.29, 0.717) is 29.2 Å². The number of carbonyl (C=O) groups is 2. The van der Waals surface area contributed by atoms with Gasteiger partial charge in [0.15, 0.2) is 0 Å². The van der Waals surface area contributed by atoms with E-state index in [9.17, 15) is 14.9 Å². The van der Waals surface area contributed by atoms with E-state index in [1.807, 2.05) is 26.0 Å². The van der Waals surface area contributed by atoms with Crippen molar-refractivity contribution in [2.24, 2.45) is 0 Å². The highest BCUT2D eigenvalue weighted by atomic mass is 16.5. The Morgan fingerprint density at radius 1 is 1.23 bits per heavy atom. The maximum Gasteiger partial charge on any atom is 0.338 e. The average molecular weight is 420 g/mol. The number of amides is 1. The molecule has 0 spiro atoms. The van der Waals surface area contributed by atoms with Crippen molar-refractivity contribution in [2.75, 3.05) is 18.5 Å². The zero-order valence-electron chi connectivity index (χ0n) is 17.7. The molecule has 3 rings (SSSR count). The van der Waals surface area contributed by atoms with Gasteiger partial charge in [-0.2, -0.15) is 5.26 Å². The molecule has 0 saturated heterocycles. The molecule has 7 heteroatoms. The van der Waals surface area contributed by atoms with Crippen LogP contribution in [0.4, 0.5) is 5.69 Å². The molecule has 1 atom stereocenters. The van der Waals surface area contributed by atoms with Crippen LogP contribution in [0.2, 0.25) is 0 Å². The minimum Gasteiger partial charge on any atom is -0.493 e. The van der Waals surface area contributed by atoms with Gasteiger partial charge in [-0.1, -0.05) is 0 Å². The van der Waals surface area contributed by atoms with Crippen molar-refractivity contribution >= 4 is 23.6 Å². The van der Waals surface area contributed by atoms with Crippen LogP contribution in [-0.4, -0.2) is 31.2 Å². The third kappa shape index (κ3) is 5.23. The molecule has 2 aromatic rings. The van der Waals surface area contributed by atoms with Gasteiger partial charge in [0.05, 0.1) is 18.8 Å². The normalized spacial score (nSPS) is 14.8. The van der Waals surface area contributed by atoms with Crippen molar-refractivity contribution in [3.05, 3.63) is 58.7 Å². The first-order valence-corrected chi connectivity index (χ1v) is 10.1. The number of nitrogens with one attached hydrogen (secondary N) is 1. The van der Waals surface area contributed by atoms with E-state index in [0.717, 1.165) is 17.7 Å². The summed E-state index contributed by atoms with van der Waals surface area (Å²) in [7, 11) is 0. The number of benzene rings is 2. The first-order valence-electron chi connectivity index (χ1n) is 10.1. The van der Waals surface area contributed by atoms with Crippen molar-refractivity contribution in [2.45, 2.75) is 33.3 Å². The van der Waals surface area contributed by atoms with Gasteiger partial charge in [-0.3, -0.25) is 4.79 Å². The van der Waals surface area contributed by atoms with Crippen LogP contribution in [0.15, 0.2) is 42.0 Å². The lowest BCUT2D eigenvalue weighted by atomic mass is 10.0. The number of hydrogen-bond acceptors (Lipinski definition) is 6. The van der Waals surface area contributed by atoms with E-state index in [-0.39, 0.29) is 18.3 Å². The van der Waals surface area contributed by atoms with Crippen LogP contribution in [0, 0.1) is 11.3 Å². The van der Waals surface area contributed by atoms with Gasteiger partial charge in [-0.25, -0.2) is 4.79 Å². The summed E-state index contributed by atoms with van der Waals surface area (Å²) in [5.74, 6) is 0.325. The number of rotatable bonds is 7. The summed E-state index contributed by atoms with van der Waals surface area (Å²) in [5, 5.41) is 12.2. The lowest BCUT2D eigenvalue weighted by Crippen LogP contribution is -2.14. The first kappa shape index (κ1) is 21.9. The fraction of sp³-hybridized carbons (Fsp3) is 0.292. The number of ether oxygens (including phenoxy) is 3. The molecule has 0 bridgehead atoms. The van der Waals surface area contributed by atoms with E-state index in [1.54, 1.807) is 37.3 Å². The second-order valence-electron chi connectivity index (χ2n) is 6.99. The molecule has 0 aliphatic carbocycles. The summed E-state index contributed by atoms with van der Waals surface area (Å²) in [4.78, 5) is 24.4. The van der Waals surface area contributed by atoms with Gasteiger partial charge in [0.1, 0.15) is 29.2 Å². The molecule has 2 aromatic carbocycles. The maximum absolute atomic E-state index is 12.7. The average Bonchev–Trinajstić information content (AvgIpc) is 3.11. The van der Waals surface area contributed by atoms with E-state index >= 15 is 0 Å². The van der Waals surface area contributed by atoms with E-state index in [1.165, 1.54) is 6.08 Å². The van der Waals surface area contributed by atoms with Gasteiger partial charge in [0, 0.05) is 23.2 Å².